The molecule has 0 atom stereocenters. The van der Waals surface area contributed by atoms with Crippen LogP contribution < -0.4 is 10.6 Å². The lowest BCUT2D eigenvalue weighted by molar-refractivity contribution is 0.0952. The molecule has 1 aromatic rings. The van der Waals surface area contributed by atoms with Gasteiger partial charge in [0.2, 0.25) is 0 Å². The van der Waals surface area contributed by atoms with Gasteiger partial charge in [-0.25, -0.2) is 0 Å². The van der Waals surface area contributed by atoms with Gasteiger partial charge in [-0.3, -0.25) is 4.79 Å². The van der Waals surface area contributed by atoms with Gasteiger partial charge in [-0.15, -0.1) is 0 Å². The van der Waals surface area contributed by atoms with Crippen LogP contribution >= 0.6 is 0 Å². The second-order valence-corrected chi connectivity index (χ2v) is 3.82. The smallest absolute Gasteiger partial charge is 0.254 e. The van der Waals surface area contributed by atoms with E-state index in [1.54, 1.807) is 0 Å². The van der Waals surface area contributed by atoms with E-state index in [1.807, 2.05) is 12.1 Å². The minimum absolute atomic E-state index is 0.0150. The van der Waals surface area contributed by atoms with Gasteiger partial charge in [0.25, 0.3) is 5.91 Å². The number of hydrogen-bond acceptors (Lipinski definition) is 2. The monoisotopic (exact) mass is 190 g/mol. The van der Waals surface area contributed by atoms with Crippen molar-refractivity contribution in [3.05, 3.63) is 29.3 Å². The van der Waals surface area contributed by atoms with Crippen LogP contribution in [0.4, 0.5) is 5.69 Å². The second kappa shape index (κ2) is 3.33. The molecule has 14 heavy (non-hydrogen) atoms. The van der Waals surface area contributed by atoms with Crippen LogP contribution in [0.25, 0.3) is 0 Å². The zero-order valence-corrected chi connectivity index (χ0v) is 8.42. The fourth-order valence-corrected chi connectivity index (χ4v) is 1.58. The molecular weight excluding hydrogens is 176 g/mol. The maximum atomic E-state index is 11.5. The van der Waals surface area contributed by atoms with E-state index in [-0.39, 0.29) is 5.91 Å². The summed E-state index contributed by atoms with van der Waals surface area (Å²) in [6.45, 7) is 4.76. The fourth-order valence-electron chi connectivity index (χ4n) is 1.58. The topological polar surface area (TPSA) is 41.1 Å². The van der Waals surface area contributed by atoms with Crippen LogP contribution in [0.15, 0.2) is 18.2 Å². The number of rotatable bonds is 1. The highest BCUT2D eigenvalue weighted by atomic mass is 16.1. The van der Waals surface area contributed by atoms with E-state index in [9.17, 15) is 4.79 Å². The molecule has 0 unspecified atom stereocenters. The highest BCUT2D eigenvalue weighted by molar-refractivity contribution is 6.01. The number of anilines is 1. The molecule has 1 aromatic carbocycles. The maximum Gasteiger partial charge on any atom is 0.254 e. The van der Waals surface area contributed by atoms with Crippen molar-refractivity contribution < 1.29 is 4.79 Å². The average Bonchev–Trinajstić information content (AvgIpc) is 2.18. The van der Waals surface area contributed by atoms with E-state index >= 15 is 0 Å². The molecule has 0 aliphatic carbocycles. The van der Waals surface area contributed by atoms with Crippen molar-refractivity contribution >= 4 is 11.6 Å². The molecule has 2 rings (SSSR count). The normalized spacial score (nSPS) is 14.6. The molecular formula is C11H14N2O. The van der Waals surface area contributed by atoms with E-state index in [0.29, 0.717) is 12.6 Å². The Kier molecular flexibility index (Phi) is 2.15. The van der Waals surface area contributed by atoms with Crippen LogP contribution in [0.3, 0.4) is 0 Å². The molecule has 0 radical (unpaired) electrons. The number of hydrogen-bond donors (Lipinski definition) is 2. The van der Waals surface area contributed by atoms with E-state index in [0.717, 1.165) is 11.3 Å². The minimum Gasteiger partial charge on any atom is -0.367 e. The van der Waals surface area contributed by atoms with Gasteiger partial charge in [-0.2, -0.15) is 0 Å². The number of nitrogens with one attached hydrogen (secondary N) is 2. The van der Waals surface area contributed by atoms with E-state index < -0.39 is 0 Å². The zero-order valence-electron chi connectivity index (χ0n) is 8.42. The van der Waals surface area contributed by atoms with Gasteiger partial charge in [-0.1, -0.05) is 19.9 Å². The van der Waals surface area contributed by atoms with Crippen molar-refractivity contribution in [2.75, 3.05) is 12.0 Å². The number of amides is 1. The number of benzene rings is 1. The van der Waals surface area contributed by atoms with Crippen molar-refractivity contribution in [1.82, 2.24) is 5.32 Å². The van der Waals surface area contributed by atoms with Crippen molar-refractivity contribution in [3.8, 4) is 0 Å². The first-order chi connectivity index (χ1) is 6.68. The molecule has 0 saturated carbocycles. The van der Waals surface area contributed by atoms with Crippen LogP contribution in [0.2, 0.25) is 0 Å². The summed E-state index contributed by atoms with van der Waals surface area (Å²) < 4.78 is 0. The molecule has 0 fully saturated rings. The first-order valence-electron chi connectivity index (χ1n) is 4.84. The lowest BCUT2D eigenvalue weighted by Gasteiger charge is -2.19. The number of carbonyl (C=O) groups is 1. The van der Waals surface area contributed by atoms with Gasteiger partial charge in [0.05, 0.1) is 12.2 Å². The predicted molar refractivity (Wildman–Crippen MR) is 56.5 cm³/mol. The summed E-state index contributed by atoms with van der Waals surface area (Å²) in [4.78, 5) is 11.5. The van der Waals surface area contributed by atoms with E-state index in [2.05, 4.69) is 30.5 Å². The molecule has 0 saturated heterocycles. The van der Waals surface area contributed by atoms with Crippen LogP contribution in [0.5, 0.6) is 0 Å². The second-order valence-electron chi connectivity index (χ2n) is 3.82. The van der Waals surface area contributed by atoms with E-state index in [1.165, 1.54) is 5.56 Å². The van der Waals surface area contributed by atoms with Crippen molar-refractivity contribution in [2.45, 2.75) is 19.8 Å². The summed E-state index contributed by atoms with van der Waals surface area (Å²) >= 11 is 0. The van der Waals surface area contributed by atoms with Crippen LogP contribution in [0.1, 0.15) is 35.7 Å². The zero-order chi connectivity index (χ0) is 10.1. The van der Waals surface area contributed by atoms with Crippen LogP contribution in [-0.4, -0.2) is 12.6 Å². The minimum atomic E-state index is 0.0150. The van der Waals surface area contributed by atoms with E-state index in [4.69, 9.17) is 0 Å². The molecule has 0 aromatic heterocycles. The van der Waals surface area contributed by atoms with Gasteiger partial charge in [0.1, 0.15) is 0 Å². The van der Waals surface area contributed by atoms with Gasteiger partial charge in [0, 0.05) is 5.69 Å². The fraction of sp³-hybridized carbons (Fsp3) is 0.364. The van der Waals surface area contributed by atoms with Crippen molar-refractivity contribution in [1.29, 1.82) is 0 Å². The SMILES string of the molecule is CC(C)c1ccc2c(c1)C(=O)NCN2. The Hall–Kier alpha value is -1.51. The molecule has 3 nitrogen and oxygen atoms in total. The largest absolute Gasteiger partial charge is 0.367 e. The standard InChI is InChI=1S/C11H14N2O/c1-7(2)8-3-4-10-9(5-8)11(14)13-6-12-10/h3-5,7,12H,6H2,1-2H3,(H,13,14). The Balaban J connectivity index is 2.46. The molecule has 0 spiro atoms. The highest BCUT2D eigenvalue weighted by Gasteiger charge is 2.16. The molecule has 2 N–H and O–H groups in total. The van der Waals surface area contributed by atoms with Crippen molar-refractivity contribution in [3.63, 3.8) is 0 Å². The molecule has 1 heterocycles. The van der Waals surface area contributed by atoms with Gasteiger partial charge in [-0.05, 0) is 23.6 Å². The molecule has 1 amide bonds. The summed E-state index contributed by atoms with van der Waals surface area (Å²) in [5.41, 5.74) is 2.88. The molecule has 74 valence electrons. The predicted octanol–water partition coefficient (Wildman–Crippen LogP) is 1.92. The lowest BCUT2D eigenvalue weighted by Crippen LogP contribution is -2.34. The summed E-state index contributed by atoms with van der Waals surface area (Å²) in [5.74, 6) is 0.469. The van der Waals surface area contributed by atoms with Gasteiger partial charge < -0.3 is 10.6 Å². The summed E-state index contributed by atoms with van der Waals surface area (Å²) in [5, 5.41) is 5.88. The first-order valence-corrected chi connectivity index (χ1v) is 4.84. The molecule has 0 bridgehead atoms. The number of fused-ring (bicyclic) bond motifs is 1. The van der Waals surface area contributed by atoms with Gasteiger partial charge >= 0.3 is 0 Å². The summed E-state index contributed by atoms with van der Waals surface area (Å²) in [6.07, 6.45) is 0. The number of carbonyl (C=O) groups excluding carboxylic acids is 1. The Morgan fingerprint density at radius 2 is 2.07 bits per heavy atom. The third-order valence-corrected chi connectivity index (χ3v) is 2.48. The lowest BCUT2D eigenvalue weighted by atomic mass is 9.99. The Morgan fingerprint density at radius 1 is 1.29 bits per heavy atom. The molecule has 1 aliphatic heterocycles. The maximum absolute atomic E-state index is 11.5. The average molecular weight is 190 g/mol. The molecule has 1 aliphatic rings. The highest BCUT2D eigenvalue weighted by Crippen LogP contribution is 2.23. The van der Waals surface area contributed by atoms with Crippen LogP contribution in [-0.2, 0) is 0 Å². The molecule has 3 heteroatoms. The summed E-state index contributed by atoms with van der Waals surface area (Å²) in [6, 6.07) is 6.00. The Labute approximate surface area is 83.5 Å². The Bertz CT molecular complexity index is 372. The quantitative estimate of drug-likeness (QED) is 0.710. The first kappa shape index (κ1) is 9.06. The third-order valence-electron chi connectivity index (χ3n) is 2.48. The summed E-state index contributed by atoms with van der Waals surface area (Å²) in [7, 11) is 0. The van der Waals surface area contributed by atoms with Crippen LogP contribution in [0, 0.1) is 0 Å². The van der Waals surface area contributed by atoms with Crippen molar-refractivity contribution in [2.24, 2.45) is 0 Å². The Morgan fingerprint density at radius 3 is 2.79 bits per heavy atom. The third kappa shape index (κ3) is 1.45. The van der Waals surface area contributed by atoms with Gasteiger partial charge in [0.15, 0.2) is 0 Å².